The van der Waals surface area contributed by atoms with E-state index in [9.17, 15) is 14.4 Å². The summed E-state index contributed by atoms with van der Waals surface area (Å²) < 4.78 is 9.66. The summed E-state index contributed by atoms with van der Waals surface area (Å²) in [6, 6.07) is 7.63. The quantitative estimate of drug-likeness (QED) is 0.844. The second kappa shape index (κ2) is 8.66. The fourth-order valence-electron chi connectivity index (χ4n) is 1.87. The number of carbonyl (C=O) groups excluding carboxylic acids is 3. The van der Waals surface area contributed by atoms with Gasteiger partial charge in [-0.2, -0.15) is 0 Å². The van der Waals surface area contributed by atoms with Crippen molar-refractivity contribution in [3.63, 3.8) is 0 Å². The number of benzene rings is 1. The molecule has 0 saturated heterocycles. The van der Waals surface area contributed by atoms with Gasteiger partial charge in [0, 0.05) is 0 Å². The Bertz CT molecular complexity index is 518. The fourth-order valence-corrected chi connectivity index (χ4v) is 1.87. The number of hydrogen-bond donors (Lipinski definition) is 1. The molecule has 2 amide bonds. The topological polar surface area (TPSA) is 84.9 Å². The van der Waals surface area contributed by atoms with Gasteiger partial charge in [-0.05, 0) is 26.3 Å². The Morgan fingerprint density at radius 3 is 2.18 bits per heavy atom. The summed E-state index contributed by atoms with van der Waals surface area (Å²) >= 11 is 0. The molecule has 0 spiro atoms. The Morgan fingerprint density at radius 2 is 1.68 bits per heavy atom. The maximum atomic E-state index is 12.1. The van der Waals surface area contributed by atoms with Gasteiger partial charge in [0.2, 0.25) is 0 Å². The van der Waals surface area contributed by atoms with Crippen LogP contribution in [-0.4, -0.2) is 36.2 Å². The second-order valence-corrected chi connectivity index (χ2v) is 4.33. The molecule has 1 aromatic carbocycles. The van der Waals surface area contributed by atoms with Gasteiger partial charge < -0.3 is 9.47 Å². The lowest BCUT2D eigenvalue weighted by atomic mass is 10.0. The standard InChI is InChI=1S/C15H20N2O5/c1-4-21-14(19)16-17(15(20)22-5-2)13(11(3)18)12-9-7-6-8-10-12/h6-10,13H,4-5H2,1-3H3,(H,16,19). The van der Waals surface area contributed by atoms with Crippen LogP contribution in [0.2, 0.25) is 0 Å². The van der Waals surface area contributed by atoms with Gasteiger partial charge in [0.15, 0.2) is 5.78 Å². The van der Waals surface area contributed by atoms with Gasteiger partial charge in [-0.3, -0.25) is 4.79 Å². The molecule has 0 aliphatic carbocycles. The van der Waals surface area contributed by atoms with Crippen LogP contribution in [-0.2, 0) is 14.3 Å². The number of hydrazine groups is 1. The van der Waals surface area contributed by atoms with E-state index < -0.39 is 18.2 Å². The van der Waals surface area contributed by atoms with E-state index in [1.54, 1.807) is 44.2 Å². The summed E-state index contributed by atoms with van der Waals surface area (Å²) in [6.07, 6.45) is -1.67. The summed E-state index contributed by atoms with van der Waals surface area (Å²) in [5, 5.41) is 0.846. The van der Waals surface area contributed by atoms with Crippen LogP contribution in [0.3, 0.4) is 0 Å². The zero-order valence-corrected chi connectivity index (χ0v) is 12.9. The molecule has 0 heterocycles. The highest BCUT2D eigenvalue weighted by Gasteiger charge is 2.32. The third-order valence-electron chi connectivity index (χ3n) is 2.71. The second-order valence-electron chi connectivity index (χ2n) is 4.33. The van der Waals surface area contributed by atoms with Crippen molar-refractivity contribution in [2.75, 3.05) is 13.2 Å². The molecule has 0 saturated carbocycles. The largest absolute Gasteiger partial charge is 0.449 e. The molecule has 0 aromatic heterocycles. The van der Waals surface area contributed by atoms with Gasteiger partial charge in [0.25, 0.3) is 0 Å². The lowest BCUT2D eigenvalue weighted by Crippen LogP contribution is -2.50. The van der Waals surface area contributed by atoms with Crippen molar-refractivity contribution < 1.29 is 23.9 Å². The normalized spacial score (nSPS) is 11.2. The van der Waals surface area contributed by atoms with Gasteiger partial charge in [0.05, 0.1) is 13.2 Å². The Balaban J connectivity index is 3.11. The number of nitrogens with zero attached hydrogens (tertiary/aromatic N) is 1. The van der Waals surface area contributed by atoms with Crippen LogP contribution in [0.5, 0.6) is 0 Å². The number of carbonyl (C=O) groups is 3. The van der Waals surface area contributed by atoms with Crippen molar-refractivity contribution in [1.29, 1.82) is 0 Å². The minimum absolute atomic E-state index is 0.110. The van der Waals surface area contributed by atoms with Gasteiger partial charge in [-0.1, -0.05) is 30.3 Å². The van der Waals surface area contributed by atoms with Crippen molar-refractivity contribution in [1.82, 2.24) is 10.4 Å². The van der Waals surface area contributed by atoms with Crippen LogP contribution >= 0.6 is 0 Å². The molecule has 0 fully saturated rings. The van der Waals surface area contributed by atoms with Crippen LogP contribution in [0.25, 0.3) is 0 Å². The number of nitrogens with one attached hydrogen (secondary N) is 1. The summed E-state index contributed by atoms with van der Waals surface area (Å²) in [4.78, 5) is 35.7. The molecule has 120 valence electrons. The van der Waals surface area contributed by atoms with E-state index >= 15 is 0 Å². The van der Waals surface area contributed by atoms with Crippen molar-refractivity contribution in [3.8, 4) is 0 Å². The molecule has 1 atom stereocenters. The Hall–Kier alpha value is -2.57. The predicted octanol–water partition coefficient (Wildman–Crippen LogP) is 2.44. The van der Waals surface area contributed by atoms with Crippen LogP contribution in [0.1, 0.15) is 32.4 Å². The SMILES string of the molecule is CCOC(=O)NN(C(=O)OCC)C(C(C)=O)c1ccccc1. The summed E-state index contributed by atoms with van der Waals surface area (Å²) in [7, 11) is 0. The molecule has 7 nitrogen and oxygen atoms in total. The van der Waals surface area contributed by atoms with E-state index in [1.165, 1.54) is 6.92 Å². The van der Waals surface area contributed by atoms with E-state index in [-0.39, 0.29) is 19.0 Å². The average molecular weight is 308 g/mol. The summed E-state index contributed by atoms with van der Waals surface area (Å²) in [5.41, 5.74) is 2.81. The third kappa shape index (κ3) is 4.76. The number of rotatable bonds is 5. The maximum Gasteiger partial charge on any atom is 0.429 e. The molecule has 1 unspecified atom stereocenters. The van der Waals surface area contributed by atoms with E-state index in [1.807, 2.05) is 0 Å². The number of Topliss-reactive ketones (excluding diaryl/α,β-unsaturated/α-hetero) is 1. The highest BCUT2D eigenvalue weighted by atomic mass is 16.6. The molecule has 1 N–H and O–H groups in total. The average Bonchev–Trinajstić information content (AvgIpc) is 2.48. The predicted molar refractivity (Wildman–Crippen MR) is 78.9 cm³/mol. The highest BCUT2D eigenvalue weighted by Crippen LogP contribution is 2.21. The van der Waals surface area contributed by atoms with Crippen molar-refractivity contribution >= 4 is 18.0 Å². The number of ketones is 1. The monoisotopic (exact) mass is 308 g/mol. The van der Waals surface area contributed by atoms with Crippen LogP contribution < -0.4 is 5.43 Å². The number of amides is 2. The Kier molecular flexibility index (Phi) is 6.88. The van der Waals surface area contributed by atoms with Gasteiger partial charge in [-0.15, -0.1) is 0 Å². The molecular formula is C15H20N2O5. The van der Waals surface area contributed by atoms with E-state index in [0.717, 1.165) is 5.01 Å². The highest BCUT2D eigenvalue weighted by molar-refractivity contribution is 5.87. The fraction of sp³-hybridized carbons (Fsp3) is 0.400. The zero-order valence-electron chi connectivity index (χ0n) is 12.9. The molecule has 1 rings (SSSR count). The minimum Gasteiger partial charge on any atom is -0.449 e. The Morgan fingerprint density at radius 1 is 1.09 bits per heavy atom. The van der Waals surface area contributed by atoms with Crippen molar-refractivity contribution in [3.05, 3.63) is 35.9 Å². The minimum atomic E-state index is -0.996. The molecule has 0 radical (unpaired) electrons. The molecule has 22 heavy (non-hydrogen) atoms. The first-order chi connectivity index (χ1) is 10.5. The van der Waals surface area contributed by atoms with Crippen molar-refractivity contribution in [2.45, 2.75) is 26.8 Å². The molecule has 0 aliphatic heterocycles. The van der Waals surface area contributed by atoms with Crippen LogP contribution in [0, 0.1) is 0 Å². The number of ether oxygens (including phenoxy) is 2. The third-order valence-corrected chi connectivity index (χ3v) is 2.71. The summed E-state index contributed by atoms with van der Waals surface area (Å²) in [6.45, 7) is 4.84. The first-order valence-corrected chi connectivity index (χ1v) is 6.96. The lowest BCUT2D eigenvalue weighted by Gasteiger charge is -2.29. The zero-order chi connectivity index (χ0) is 16.5. The molecular weight excluding hydrogens is 288 g/mol. The van der Waals surface area contributed by atoms with Crippen LogP contribution in [0.15, 0.2) is 30.3 Å². The van der Waals surface area contributed by atoms with Gasteiger partial charge in [-0.25, -0.2) is 20.0 Å². The molecule has 1 aromatic rings. The van der Waals surface area contributed by atoms with Crippen molar-refractivity contribution in [2.24, 2.45) is 0 Å². The first-order valence-electron chi connectivity index (χ1n) is 6.96. The molecule has 0 bridgehead atoms. The molecule has 0 aliphatic rings. The lowest BCUT2D eigenvalue weighted by molar-refractivity contribution is -0.122. The Labute approximate surface area is 129 Å². The number of hydrogen-bond acceptors (Lipinski definition) is 5. The van der Waals surface area contributed by atoms with Gasteiger partial charge in [0.1, 0.15) is 6.04 Å². The van der Waals surface area contributed by atoms with E-state index in [2.05, 4.69) is 5.43 Å². The maximum absolute atomic E-state index is 12.1. The van der Waals surface area contributed by atoms with E-state index in [4.69, 9.17) is 9.47 Å². The van der Waals surface area contributed by atoms with Crippen LogP contribution in [0.4, 0.5) is 9.59 Å². The smallest absolute Gasteiger partial charge is 0.429 e. The molecule has 7 heteroatoms. The van der Waals surface area contributed by atoms with E-state index in [0.29, 0.717) is 5.56 Å². The summed E-state index contributed by atoms with van der Waals surface area (Å²) in [5.74, 6) is -0.323. The first kappa shape index (κ1) is 17.5. The van der Waals surface area contributed by atoms with Gasteiger partial charge >= 0.3 is 12.2 Å².